The van der Waals surface area contributed by atoms with Crippen LogP contribution in [-0.4, -0.2) is 0 Å². The van der Waals surface area contributed by atoms with Gasteiger partial charge in [-0.15, -0.1) is 11.6 Å². The SMILES string of the molecule is Cc1ccc2ccccc2c1C(Cl)c1ccc(Cl)c(F)c1. The maximum atomic E-state index is 13.7. The predicted molar refractivity (Wildman–Crippen MR) is 87.8 cm³/mol. The average Bonchev–Trinajstić information content (AvgIpc) is 2.49. The van der Waals surface area contributed by atoms with E-state index < -0.39 is 11.2 Å². The van der Waals surface area contributed by atoms with Gasteiger partial charge in [0.05, 0.1) is 10.4 Å². The van der Waals surface area contributed by atoms with E-state index in [0.29, 0.717) is 5.56 Å². The third kappa shape index (κ3) is 2.64. The van der Waals surface area contributed by atoms with Crippen LogP contribution in [0.2, 0.25) is 5.02 Å². The van der Waals surface area contributed by atoms with E-state index in [4.69, 9.17) is 23.2 Å². The molecule has 3 heteroatoms. The molecule has 0 aliphatic carbocycles. The second-order valence-corrected chi connectivity index (χ2v) is 5.90. The maximum absolute atomic E-state index is 13.7. The molecule has 0 saturated heterocycles. The summed E-state index contributed by atoms with van der Waals surface area (Å²) in [4.78, 5) is 0. The first kappa shape index (κ1) is 14.4. The largest absolute Gasteiger partial charge is 0.205 e. The Labute approximate surface area is 133 Å². The summed E-state index contributed by atoms with van der Waals surface area (Å²) in [5, 5.41) is 1.91. The van der Waals surface area contributed by atoms with E-state index in [1.54, 1.807) is 12.1 Å². The van der Waals surface area contributed by atoms with Gasteiger partial charge in [0.1, 0.15) is 5.82 Å². The normalized spacial score (nSPS) is 12.6. The molecule has 0 heterocycles. The van der Waals surface area contributed by atoms with Crippen LogP contribution in [0, 0.1) is 12.7 Å². The molecule has 21 heavy (non-hydrogen) atoms. The van der Waals surface area contributed by atoms with Crippen LogP contribution in [0.3, 0.4) is 0 Å². The van der Waals surface area contributed by atoms with Gasteiger partial charge in [-0.3, -0.25) is 0 Å². The number of aryl methyl sites for hydroxylation is 1. The topological polar surface area (TPSA) is 0 Å². The minimum absolute atomic E-state index is 0.109. The first-order valence-electron chi connectivity index (χ1n) is 6.65. The molecule has 1 unspecified atom stereocenters. The number of halogens is 3. The zero-order valence-corrected chi connectivity index (χ0v) is 12.9. The Morgan fingerprint density at radius 1 is 1.00 bits per heavy atom. The van der Waals surface area contributed by atoms with Gasteiger partial charge < -0.3 is 0 Å². The van der Waals surface area contributed by atoms with Crippen molar-refractivity contribution in [3.63, 3.8) is 0 Å². The molecule has 0 aromatic heterocycles. The number of fused-ring (bicyclic) bond motifs is 1. The number of hydrogen-bond donors (Lipinski definition) is 0. The van der Waals surface area contributed by atoms with Crippen molar-refractivity contribution in [3.8, 4) is 0 Å². The summed E-state index contributed by atoms with van der Waals surface area (Å²) >= 11 is 12.4. The van der Waals surface area contributed by atoms with Gasteiger partial charge in [0, 0.05) is 0 Å². The number of benzene rings is 3. The molecule has 1 atom stereocenters. The number of hydrogen-bond acceptors (Lipinski definition) is 0. The van der Waals surface area contributed by atoms with E-state index in [0.717, 1.165) is 21.9 Å². The lowest BCUT2D eigenvalue weighted by Gasteiger charge is -2.16. The van der Waals surface area contributed by atoms with E-state index in [1.807, 2.05) is 37.3 Å². The second-order valence-electron chi connectivity index (χ2n) is 5.05. The Kier molecular flexibility index (Phi) is 3.88. The molecule has 0 spiro atoms. The highest BCUT2D eigenvalue weighted by molar-refractivity contribution is 6.30. The summed E-state index contributed by atoms with van der Waals surface area (Å²) in [6.07, 6.45) is 0. The molecule has 0 fully saturated rings. The third-order valence-corrected chi connectivity index (χ3v) is 4.46. The summed E-state index contributed by atoms with van der Waals surface area (Å²) in [5.74, 6) is -0.447. The highest BCUT2D eigenvalue weighted by Crippen LogP contribution is 2.37. The maximum Gasteiger partial charge on any atom is 0.142 e. The fraction of sp³-hybridized carbons (Fsp3) is 0.111. The minimum atomic E-state index is -0.447. The van der Waals surface area contributed by atoms with E-state index in [1.165, 1.54) is 6.07 Å². The molecular weight excluding hydrogens is 306 g/mol. The summed E-state index contributed by atoms with van der Waals surface area (Å²) < 4.78 is 13.7. The van der Waals surface area contributed by atoms with Crippen LogP contribution >= 0.6 is 23.2 Å². The molecule has 0 aliphatic rings. The van der Waals surface area contributed by atoms with Crippen LogP contribution in [0.25, 0.3) is 10.8 Å². The summed E-state index contributed by atoms with van der Waals surface area (Å²) in [7, 11) is 0. The molecule has 0 aliphatic heterocycles. The molecule has 0 N–H and O–H groups in total. The first-order chi connectivity index (χ1) is 10.1. The lowest BCUT2D eigenvalue weighted by Crippen LogP contribution is -1.98. The van der Waals surface area contributed by atoms with Crippen molar-refractivity contribution in [1.29, 1.82) is 0 Å². The molecule has 0 radical (unpaired) electrons. The molecule has 0 saturated carbocycles. The van der Waals surface area contributed by atoms with Crippen LogP contribution in [0.5, 0.6) is 0 Å². The molecule has 3 aromatic rings. The summed E-state index contributed by atoms with van der Waals surface area (Å²) in [5.41, 5.74) is 2.80. The Morgan fingerprint density at radius 2 is 1.76 bits per heavy atom. The van der Waals surface area contributed by atoms with Gasteiger partial charge in [-0.25, -0.2) is 4.39 Å². The highest BCUT2D eigenvalue weighted by atomic mass is 35.5. The van der Waals surface area contributed by atoms with Crippen molar-refractivity contribution in [2.75, 3.05) is 0 Å². The molecule has 106 valence electrons. The fourth-order valence-electron chi connectivity index (χ4n) is 2.58. The Bertz CT molecular complexity index is 811. The van der Waals surface area contributed by atoms with E-state index in [2.05, 4.69) is 6.07 Å². The minimum Gasteiger partial charge on any atom is -0.205 e. The monoisotopic (exact) mass is 318 g/mol. The van der Waals surface area contributed by atoms with Crippen LogP contribution in [-0.2, 0) is 0 Å². The molecule has 0 amide bonds. The smallest absolute Gasteiger partial charge is 0.142 e. The van der Waals surface area contributed by atoms with Crippen molar-refractivity contribution in [2.45, 2.75) is 12.3 Å². The van der Waals surface area contributed by atoms with Gasteiger partial charge in [-0.1, -0.05) is 54.1 Å². The van der Waals surface area contributed by atoms with Crippen molar-refractivity contribution >= 4 is 34.0 Å². The number of rotatable bonds is 2. The molecular formula is C18H13Cl2F. The summed E-state index contributed by atoms with van der Waals surface area (Å²) in [6.45, 7) is 2.02. The van der Waals surface area contributed by atoms with Crippen LogP contribution in [0.4, 0.5) is 4.39 Å². The van der Waals surface area contributed by atoms with E-state index >= 15 is 0 Å². The summed E-state index contributed by atoms with van der Waals surface area (Å²) in [6, 6.07) is 16.9. The Balaban J connectivity index is 2.19. The first-order valence-corrected chi connectivity index (χ1v) is 7.46. The molecule has 0 bridgehead atoms. The van der Waals surface area contributed by atoms with Crippen LogP contribution in [0.1, 0.15) is 22.1 Å². The van der Waals surface area contributed by atoms with Gasteiger partial charge in [0.15, 0.2) is 0 Å². The van der Waals surface area contributed by atoms with Gasteiger partial charge >= 0.3 is 0 Å². The fourth-order valence-corrected chi connectivity index (χ4v) is 3.12. The van der Waals surface area contributed by atoms with Gasteiger partial charge in [-0.2, -0.15) is 0 Å². The molecule has 3 aromatic carbocycles. The lowest BCUT2D eigenvalue weighted by molar-refractivity contribution is 0.626. The van der Waals surface area contributed by atoms with E-state index in [-0.39, 0.29) is 5.02 Å². The van der Waals surface area contributed by atoms with Gasteiger partial charge in [-0.05, 0) is 46.5 Å². The highest BCUT2D eigenvalue weighted by Gasteiger charge is 2.17. The lowest BCUT2D eigenvalue weighted by atomic mass is 9.94. The zero-order valence-electron chi connectivity index (χ0n) is 11.4. The molecule has 0 nitrogen and oxygen atoms in total. The third-order valence-electron chi connectivity index (χ3n) is 3.68. The van der Waals surface area contributed by atoms with Crippen molar-refractivity contribution < 1.29 is 4.39 Å². The van der Waals surface area contributed by atoms with Gasteiger partial charge in [0.25, 0.3) is 0 Å². The van der Waals surface area contributed by atoms with E-state index in [9.17, 15) is 4.39 Å². The zero-order chi connectivity index (χ0) is 15.0. The second kappa shape index (κ2) is 5.67. The van der Waals surface area contributed by atoms with Crippen LogP contribution in [0.15, 0.2) is 54.6 Å². The van der Waals surface area contributed by atoms with Crippen molar-refractivity contribution in [3.05, 3.63) is 82.1 Å². The predicted octanol–water partition coefficient (Wildman–Crippen LogP) is 6.27. The molecule has 3 rings (SSSR count). The Morgan fingerprint density at radius 3 is 2.52 bits per heavy atom. The standard InChI is InChI=1S/C18H13Cl2F/c1-11-6-7-12-4-2-3-5-14(12)17(11)18(20)13-8-9-15(19)16(21)10-13/h2-10,18H,1H3. The average molecular weight is 319 g/mol. The van der Waals surface area contributed by atoms with Crippen molar-refractivity contribution in [1.82, 2.24) is 0 Å². The quantitative estimate of drug-likeness (QED) is 0.488. The van der Waals surface area contributed by atoms with Crippen molar-refractivity contribution in [2.24, 2.45) is 0 Å². The Hall–Kier alpha value is -1.57. The number of alkyl halides is 1. The van der Waals surface area contributed by atoms with Gasteiger partial charge in [0.2, 0.25) is 0 Å². The van der Waals surface area contributed by atoms with Crippen LogP contribution < -0.4 is 0 Å².